The van der Waals surface area contributed by atoms with Crippen LogP contribution in [0.2, 0.25) is 0 Å². The summed E-state index contributed by atoms with van der Waals surface area (Å²) >= 11 is 3.24. The van der Waals surface area contributed by atoms with Crippen molar-refractivity contribution in [2.24, 2.45) is 0 Å². The predicted octanol–water partition coefficient (Wildman–Crippen LogP) is 3.08. The number of aryl methyl sites for hydroxylation is 1. The lowest BCUT2D eigenvalue weighted by Crippen LogP contribution is -2.09. The fourth-order valence-electron chi connectivity index (χ4n) is 1.13. The molecule has 0 aliphatic carbocycles. The van der Waals surface area contributed by atoms with Crippen molar-refractivity contribution in [1.29, 1.82) is 0 Å². The van der Waals surface area contributed by atoms with Crippen LogP contribution in [0.5, 0.6) is 0 Å². The quantitative estimate of drug-likeness (QED) is 0.888. The van der Waals surface area contributed by atoms with Crippen LogP contribution in [0.3, 0.4) is 0 Å². The number of carbonyl (C=O) groups is 1. The van der Waals surface area contributed by atoms with Crippen molar-refractivity contribution in [3.05, 3.63) is 33.5 Å². The van der Waals surface area contributed by atoms with Gasteiger partial charge in [-0.1, -0.05) is 15.9 Å². The number of rotatable bonds is 2. The molecule has 1 aromatic carbocycles. The van der Waals surface area contributed by atoms with Gasteiger partial charge in [-0.05, 0) is 31.5 Å². The van der Waals surface area contributed by atoms with Crippen LogP contribution in [-0.2, 0) is 4.79 Å². The minimum absolute atomic E-state index is 0.204. The molecule has 0 aliphatic heterocycles. The van der Waals surface area contributed by atoms with Gasteiger partial charge in [0.1, 0.15) is 5.82 Å². The summed E-state index contributed by atoms with van der Waals surface area (Å²) in [5, 5.41) is 8.74. The SMILES string of the molecule is Cc1cc(F)c(C(C)C(=O)O)cc1Br. The van der Waals surface area contributed by atoms with Crippen molar-refractivity contribution in [2.75, 3.05) is 0 Å². The van der Waals surface area contributed by atoms with E-state index in [1.807, 2.05) is 0 Å². The highest BCUT2D eigenvalue weighted by atomic mass is 79.9. The molecule has 0 aliphatic rings. The number of carboxylic acids is 1. The van der Waals surface area contributed by atoms with Gasteiger partial charge in [0.15, 0.2) is 0 Å². The molecule has 2 nitrogen and oxygen atoms in total. The first-order valence-corrected chi connectivity index (χ1v) is 4.91. The number of carboxylic acid groups (broad SMARTS) is 1. The monoisotopic (exact) mass is 260 g/mol. The molecule has 0 saturated carbocycles. The second-order valence-corrected chi connectivity index (χ2v) is 4.04. The van der Waals surface area contributed by atoms with E-state index in [-0.39, 0.29) is 5.56 Å². The summed E-state index contributed by atoms with van der Waals surface area (Å²) in [6.07, 6.45) is 0. The van der Waals surface area contributed by atoms with Gasteiger partial charge in [0.2, 0.25) is 0 Å². The zero-order chi connectivity index (χ0) is 10.9. The summed E-state index contributed by atoms with van der Waals surface area (Å²) in [5.74, 6) is -2.33. The molecule has 76 valence electrons. The molecule has 1 rings (SSSR count). The molecule has 14 heavy (non-hydrogen) atoms. The van der Waals surface area contributed by atoms with Crippen molar-refractivity contribution < 1.29 is 14.3 Å². The first kappa shape index (κ1) is 11.2. The molecular formula is C10H10BrFO2. The fraction of sp³-hybridized carbons (Fsp3) is 0.300. The van der Waals surface area contributed by atoms with Gasteiger partial charge in [0, 0.05) is 10.0 Å². The Labute approximate surface area is 89.9 Å². The van der Waals surface area contributed by atoms with E-state index in [4.69, 9.17) is 5.11 Å². The fourth-order valence-corrected chi connectivity index (χ4v) is 1.49. The summed E-state index contributed by atoms with van der Waals surface area (Å²) in [6, 6.07) is 2.85. The molecule has 0 bridgehead atoms. The van der Waals surface area contributed by atoms with Crippen LogP contribution in [0.15, 0.2) is 16.6 Å². The lowest BCUT2D eigenvalue weighted by atomic mass is 9.99. The average Bonchev–Trinajstić information content (AvgIpc) is 2.10. The van der Waals surface area contributed by atoms with E-state index in [9.17, 15) is 9.18 Å². The van der Waals surface area contributed by atoms with Gasteiger partial charge in [0.25, 0.3) is 0 Å². The zero-order valence-corrected chi connectivity index (χ0v) is 9.43. The first-order chi connectivity index (χ1) is 6.43. The third-order valence-corrected chi connectivity index (χ3v) is 2.97. The molecule has 0 radical (unpaired) electrons. The Bertz CT molecular complexity index is 377. The van der Waals surface area contributed by atoms with Crippen molar-refractivity contribution in [2.45, 2.75) is 19.8 Å². The highest BCUT2D eigenvalue weighted by Gasteiger charge is 2.18. The standard InChI is InChI=1S/C10H10BrFO2/c1-5-3-9(12)7(4-8(5)11)6(2)10(13)14/h3-4,6H,1-2H3,(H,13,14). The van der Waals surface area contributed by atoms with E-state index in [1.54, 1.807) is 6.92 Å². The maximum absolute atomic E-state index is 13.4. The second-order valence-electron chi connectivity index (χ2n) is 3.18. The van der Waals surface area contributed by atoms with Crippen LogP contribution >= 0.6 is 15.9 Å². The molecule has 0 aromatic heterocycles. The van der Waals surface area contributed by atoms with Crippen molar-refractivity contribution in [3.63, 3.8) is 0 Å². The molecule has 0 saturated heterocycles. The number of benzene rings is 1. The number of halogens is 2. The third-order valence-electron chi connectivity index (χ3n) is 2.11. The Morgan fingerprint density at radius 1 is 1.57 bits per heavy atom. The summed E-state index contributed by atoms with van der Waals surface area (Å²) < 4.78 is 14.1. The maximum Gasteiger partial charge on any atom is 0.310 e. The van der Waals surface area contributed by atoms with Gasteiger partial charge in [-0.15, -0.1) is 0 Å². The topological polar surface area (TPSA) is 37.3 Å². The summed E-state index contributed by atoms with van der Waals surface area (Å²) in [7, 11) is 0. The highest BCUT2D eigenvalue weighted by Crippen LogP contribution is 2.26. The molecular weight excluding hydrogens is 251 g/mol. The van der Waals surface area contributed by atoms with E-state index >= 15 is 0 Å². The van der Waals surface area contributed by atoms with Gasteiger partial charge in [-0.3, -0.25) is 4.79 Å². The van der Waals surface area contributed by atoms with Crippen LogP contribution in [0.25, 0.3) is 0 Å². The molecule has 0 amide bonds. The molecule has 1 aromatic rings. The van der Waals surface area contributed by atoms with Crippen LogP contribution in [0, 0.1) is 12.7 Å². The number of hydrogen-bond acceptors (Lipinski definition) is 1. The molecule has 1 atom stereocenters. The molecule has 4 heteroatoms. The maximum atomic E-state index is 13.4. The zero-order valence-electron chi connectivity index (χ0n) is 7.84. The van der Waals surface area contributed by atoms with E-state index in [1.165, 1.54) is 19.1 Å². The number of hydrogen-bond donors (Lipinski definition) is 1. The van der Waals surface area contributed by atoms with Crippen molar-refractivity contribution in [3.8, 4) is 0 Å². The summed E-state index contributed by atoms with van der Waals surface area (Å²) in [5.41, 5.74) is 0.957. The smallest absolute Gasteiger partial charge is 0.310 e. The Morgan fingerprint density at radius 2 is 2.14 bits per heavy atom. The lowest BCUT2D eigenvalue weighted by molar-refractivity contribution is -0.138. The number of aliphatic carboxylic acids is 1. The van der Waals surface area contributed by atoms with Crippen LogP contribution < -0.4 is 0 Å². The predicted molar refractivity (Wildman–Crippen MR) is 54.9 cm³/mol. The van der Waals surface area contributed by atoms with Crippen molar-refractivity contribution in [1.82, 2.24) is 0 Å². The minimum Gasteiger partial charge on any atom is -0.481 e. The Kier molecular flexibility index (Phi) is 3.26. The molecule has 1 unspecified atom stereocenters. The third kappa shape index (κ3) is 2.12. The van der Waals surface area contributed by atoms with E-state index < -0.39 is 17.7 Å². The van der Waals surface area contributed by atoms with Gasteiger partial charge in [0.05, 0.1) is 5.92 Å². The van der Waals surface area contributed by atoms with Crippen LogP contribution in [-0.4, -0.2) is 11.1 Å². The van der Waals surface area contributed by atoms with Crippen LogP contribution in [0.1, 0.15) is 24.0 Å². The van der Waals surface area contributed by atoms with Gasteiger partial charge in [-0.25, -0.2) is 4.39 Å². The highest BCUT2D eigenvalue weighted by molar-refractivity contribution is 9.10. The molecule has 0 heterocycles. The first-order valence-electron chi connectivity index (χ1n) is 4.12. The largest absolute Gasteiger partial charge is 0.481 e. The summed E-state index contributed by atoms with van der Waals surface area (Å²) in [6.45, 7) is 3.21. The molecule has 0 fully saturated rings. The normalized spacial score (nSPS) is 12.6. The van der Waals surface area contributed by atoms with E-state index in [0.29, 0.717) is 0 Å². The van der Waals surface area contributed by atoms with E-state index in [0.717, 1.165) is 10.0 Å². The Balaban J connectivity index is 3.22. The molecule has 0 spiro atoms. The van der Waals surface area contributed by atoms with E-state index in [2.05, 4.69) is 15.9 Å². The van der Waals surface area contributed by atoms with Gasteiger partial charge >= 0.3 is 5.97 Å². The minimum atomic E-state index is -1.03. The van der Waals surface area contributed by atoms with Gasteiger partial charge in [-0.2, -0.15) is 0 Å². The van der Waals surface area contributed by atoms with Crippen LogP contribution in [0.4, 0.5) is 4.39 Å². The van der Waals surface area contributed by atoms with Crippen molar-refractivity contribution >= 4 is 21.9 Å². The Hall–Kier alpha value is -0.900. The average molecular weight is 261 g/mol. The Morgan fingerprint density at radius 3 is 2.64 bits per heavy atom. The van der Waals surface area contributed by atoms with Gasteiger partial charge < -0.3 is 5.11 Å². The lowest BCUT2D eigenvalue weighted by Gasteiger charge is -2.09. The molecule has 1 N–H and O–H groups in total. The summed E-state index contributed by atoms with van der Waals surface area (Å²) in [4.78, 5) is 10.7. The second kappa shape index (κ2) is 4.09.